The van der Waals surface area contributed by atoms with Crippen LogP contribution >= 0.6 is 0 Å². The van der Waals surface area contributed by atoms with Crippen LogP contribution in [0.15, 0.2) is 0 Å². The van der Waals surface area contributed by atoms with E-state index in [1.165, 1.54) is 0 Å². The van der Waals surface area contributed by atoms with Crippen LogP contribution in [0.1, 0.15) is 39.5 Å². The summed E-state index contributed by atoms with van der Waals surface area (Å²) in [5.74, 6) is -0.716. The first-order chi connectivity index (χ1) is 8.02. The molecule has 0 saturated heterocycles. The van der Waals surface area contributed by atoms with Gasteiger partial charge in [-0.05, 0) is 26.3 Å². The Bertz CT molecular complexity index is 277. The van der Waals surface area contributed by atoms with E-state index < -0.39 is 5.97 Å². The van der Waals surface area contributed by atoms with Crippen LogP contribution in [-0.2, 0) is 9.59 Å². The summed E-state index contributed by atoms with van der Waals surface area (Å²) in [6.45, 7) is 5.27. The third-order valence-electron chi connectivity index (χ3n) is 3.07. The molecule has 0 heterocycles. The molecule has 5 nitrogen and oxygen atoms in total. The minimum absolute atomic E-state index is 0.0220. The van der Waals surface area contributed by atoms with Crippen LogP contribution < -0.4 is 5.32 Å². The molecule has 0 radical (unpaired) electrons. The second kappa shape index (κ2) is 6.59. The zero-order chi connectivity index (χ0) is 12.8. The fraction of sp³-hybridized carbons (Fsp3) is 0.833. The Hall–Kier alpha value is -1.10. The summed E-state index contributed by atoms with van der Waals surface area (Å²) >= 11 is 0. The smallest absolute Gasteiger partial charge is 0.304 e. The van der Waals surface area contributed by atoms with E-state index in [1.807, 2.05) is 18.7 Å². The molecule has 0 aromatic heterocycles. The van der Waals surface area contributed by atoms with Gasteiger partial charge in [-0.1, -0.05) is 6.92 Å². The maximum atomic E-state index is 11.5. The Morgan fingerprint density at radius 2 is 2.12 bits per heavy atom. The number of nitrogens with one attached hydrogen (secondary N) is 1. The Morgan fingerprint density at radius 3 is 2.59 bits per heavy atom. The van der Waals surface area contributed by atoms with Crippen molar-refractivity contribution in [2.24, 2.45) is 0 Å². The first-order valence-corrected chi connectivity index (χ1v) is 6.28. The summed E-state index contributed by atoms with van der Waals surface area (Å²) in [6, 6.07) is 0.375. The molecule has 1 aliphatic rings. The molecule has 0 aromatic carbocycles. The Morgan fingerprint density at radius 1 is 1.47 bits per heavy atom. The molecule has 98 valence electrons. The number of carboxylic acids is 1. The molecule has 17 heavy (non-hydrogen) atoms. The topological polar surface area (TPSA) is 69.6 Å². The third kappa shape index (κ3) is 5.68. The second-order valence-electron chi connectivity index (χ2n) is 4.67. The molecular formula is C12H22N2O3. The lowest BCUT2D eigenvalue weighted by molar-refractivity contribution is -0.138. The quantitative estimate of drug-likeness (QED) is 0.662. The highest BCUT2D eigenvalue weighted by molar-refractivity contribution is 5.76. The van der Waals surface area contributed by atoms with Crippen molar-refractivity contribution < 1.29 is 14.7 Å². The van der Waals surface area contributed by atoms with Gasteiger partial charge in [-0.2, -0.15) is 0 Å². The number of amides is 1. The van der Waals surface area contributed by atoms with Crippen LogP contribution in [0.2, 0.25) is 0 Å². The lowest BCUT2D eigenvalue weighted by Gasteiger charge is -2.26. The Kier molecular flexibility index (Phi) is 5.41. The van der Waals surface area contributed by atoms with Crippen molar-refractivity contribution in [2.45, 2.75) is 51.6 Å². The van der Waals surface area contributed by atoms with Gasteiger partial charge in [-0.25, -0.2) is 0 Å². The van der Waals surface area contributed by atoms with E-state index in [1.54, 1.807) is 0 Å². The number of carbonyl (C=O) groups excluding carboxylic acids is 1. The fourth-order valence-electron chi connectivity index (χ4n) is 1.84. The van der Waals surface area contributed by atoms with Crippen molar-refractivity contribution in [3.8, 4) is 0 Å². The first kappa shape index (κ1) is 14.0. The van der Waals surface area contributed by atoms with Gasteiger partial charge in [0, 0.05) is 25.0 Å². The van der Waals surface area contributed by atoms with Crippen molar-refractivity contribution in [2.75, 3.05) is 13.1 Å². The number of nitrogens with zero attached hydrogens (tertiary/aromatic N) is 1. The average molecular weight is 242 g/mol. The maximum absolute atomic E-state index is 11.5. The Balaban J connectivity index is 2.24. The van der Waals surface area contributed by atoms with Crippen molar-refractivity contribution >= 4 is 11.9 Å². The molecular weight excluding hydrogens is 220 g/mol. The summed E-state index contributed by atoms with van der Waals surface area (Å²) in [5, 5.41) is 11.7. The van der Waals surface area contributed by atoms with Crippen LogP contribution in [0.3, 0.4) is 0 Å². The number of hydrogen-bond donors (Lipinski definition) is 2. The number of aliphatic carboxylic acids is 1. The number of rotatable bonds is 8. The highest BCUT2D eigenvalue weighted by Gasteiger charge is 2.23. The predicted octanol–water partition coefficient (Wildman–Crippen LogP) is 0.840. The summed E-state index contributed by atoms with van der Waals surface area (Å²) in [7, 11) is 0. The lowest BCUT2D eigenvalue weighted by atomic mass is 10.2. The zero-order valence-electron chi connectivity index (χ0n) is 10.6. The minimum Gasteiger partial charge on any atom is -0.481 e. The van der Waals surface area contributed by atoms with Gasteiger partial charge in [0.15, 0.2) is 0 Å². The second-order valence-corrected chi connectivity index (χ2v) is 4.67. The highest BCUT2D eigenvalue weighted by atomic mass is 16.4. The number of hydrogen-bond acceptors (Lipinski definition) is 3. The third-order valence-corrected chi connectivity index (χ3v) is 3.07. The van der Waals surface area contributed by atoms with Gasteiger partial charge in [0.05, 0.1) is 6.42 Å². The molecule has 1 unspecified atom stereocenters. The summed E-state index contributed by atoms with van der Waals surface area (Å²) in [5.41, 5.74) is 0. The van der Waals surface area contributed by atoms with E-state index >= 15 is 0 Å². The van der Waals surface area contributed by atoms with Crippen LogP contribution in [0.25, 0.3) is 0 Å². The van der Waals surface area contributed by atoms with E-state index in [4.69, 9.17) is 5.11 Å². The average Bonchev–Trinajstić information content (AvgIpc) is 3.01. The molecule has 0 bridgehead atoms. The van der Waals surface area contributed by atoms with Gasteiger partial charge in [0.25, 0.3) is 0 Å². The lowest BCUT2D eigenvalue weighted by Crippen LogP contribution is -2.38. The van der Waals surface area contributed by atoms with Crippen LogP contribution in [0.5, 0.6) is 0 Å². The minimum atomic E-state index is -0.793. The molecule has 0 aliphatic heterocycles. The van der Waals surface area contributed by atoms with Gasteiger partial charge in [-0.15, -0.1) is 0 Å². The van der Waals surface area contributed by atoms with Gasteiger partial charge < -0.3 is 10.4 Å². The largest absolute Gasteiger partial charge is 0.481 e. The van der Waals surface area contributed by atoms with Gasteiger partial charge in [0.2, 0.25) is 5.91 Å². The van der Waals surface area contributed by atoms with Crippen LogP contribution in [-0.4, -0.2) is 47.1 Å². The monoisotopic (exact) mass is 242 g/mol. The van der Waals surface area contributed by atoms with Crippen LogP contribution in [0, 0.1) is 0 Å². The SMILES string of the molecule is CCN(CCC(=O)NC1CC1)C(C)CC(=O)O. The summed E-state index contributed by atoms with van der Waals surface area (Å²) < 4.78 is 0. The van der Waals surface area contributed by atoms with E-state index in [9.17, 15) is 9.59 Å². The molecule has 1 rings (SSSR count). The molecule has 0 aromatic rings. The molecule has 1 amide bonds. The highest BCUT2D eigenvalue weighted by Crippen LogP contribution is 2.18. The maximum Gasteiger partial charge on any atom is 0.304 e. The molecule has 1 fully saturated rings. The molecule has 1 saturated carbocycles. The predicted molar refractivity (Wildman–Crippen MR) is 64.7 cm³/mol. The van der Waals surface area contributed by atoms with Gasteiger partial charge in [0.1, 0.15) is 0 Å². The van der Waals surface area contributed by atoms with Crippen molar-refractivity contribution in [3.05, 3.63) is 0 Å². The van der Waals surface area contributed by atoms with Crippen molar-refractivity contribution in [3.63, 3.8) is 0 Å². The van der Waals surface area contributed by atoms with Crippen LogP contribution in [0.4, 0.5) is 0 Å². The number of carbonyl (C=O) groups is 2. The fourth-order valence-corrected chi connectivity index (χ4v) is 1.84. The van der Waals surface area contributed by atoms with E-state index in [0.29, 0.717) is 19.0 Å². The standard InChI is InChI=1S/C12H22N2O3/c1-3-14(9(2)8-12(16)17)7-6-11(15)13-10-4-5-10/h9-10H,3-8H2,1-2H3,(H,13,15)(H,16,17). The molecule has 1 atom stereocenters. The number of carboxylic acid groups (broad SMARTS) is 1. The van der Waals surface area contributed by atoms with Gasteiger partial charge in [-0.3, -0.25) is 14.5 Å². The molecule has 2 N–H and O–H groups in total. The summed E-state index contributed by atoms with van der Waals surface area (Å²) in [6.07, 6.45) is 2.77. The normalized spacial score (nSPS) is 16.9. The zero-order valence-corrected chi connectivity index (χ0v) is 10.6. The van der Waals surface area contributed by atoms with Crippen molar-refractivity contribution in [1.29, 1.82) is 0 Å². The summed E-state index contributed by atoms with van der Waals surface area (Å²) in [4.78, 5) is 24.1. The molecule has 1 aliphatic carbocycles. The van der Waals surface area contributed by atoms with Gasteiger partial charge >= 0.3 is 5.97 Å². The first-order valence-electron chi connectivity index (χ1n) is 6.28. The van der Waals surface area contributed by atoms with E-state index in [-0.39, 0.29) is 18.4 Å². The van der Waals surface area contributed by atoms with Crippen molar-refractivity contribution in [1.82, 2.24) is 10.2 Å². The molecule has 5 heteroatoms. The Labute approximate surface area is 102 Å². The van der Waals surface area contributed by atoms with E-state index in [0.717, 1.165) is 19.4 Å². The van der Waals surface area contributed by atoms with E-state index in [2.05, 4.69) is 5.32 Å². The molecule has 0 spiro atoms.